The number of amides is 2. The molecule has 1 aliphatic heterocycles. The van der Waals surface area contributed by atoms with E-state index in [9.17, 15) is 18.0 Å². The van der Waals surface area contributed by atoms with E-state index in [2.05, 4.69) is 5.32 Å². The van der Waals surface area contributed by atoms with Crippen LogP contribution in [0.25, 0.3) is 0 Å². The van der Waals surface area contributed by atoms with Crippen LogP contribution in [0.2, 0.25) is 0 Å². The average Bonchev–Trinajstić information content (AvgIpc) is 3.40. The first-order valence-electron chi connectivity index (χ1n) is 11.8. The highest BCUT2D eigenvalue weighted by molar-refractivity contribution is 7.92. The molecule has 1 aliphatic rings. The van der Waals surface area contributed by atoms with Crippen LogP contribution < -0.4 is 14.4 Å². The lowest BCUT2D eigenvalue weighted by Gasteiger charge is -2.28. The van der Waals surface area contributed by atoms with Crippen LogP contribution in [0.5, 0.6) is 11.5 Å². The number of nitrogens with one attached hydrogen (secondary N) is 1. The summed E-state index contributed by atoms with van der Waals surface area (Å²) >= 11 is 0. The Morgan fingerprint density at radius 3 is 2.11 bits per heavy atom. The number of para-hydroxylation sites is 2. The molecule has 1 saturated heterocycles. The summed E-state index contributed by atoms with van der Waals surface area (Å²) in [5, 5.41) is 2.76. The van der Waals surface area contributed by atoms with Crippen molar-refractivity contribution in [2.75, 3.05) is 29.0 Å². The lowest BCUT2D eigenvalue weighted by Crippen LogP contribution is -2.45. The molecule has 0 spiro atoms. The first kappa shape index (κ1) is 25.2. The third-order valence-corrected chi connectivity index (χ3v) is 7.21. The molecule has 4 rings (SSSR count). The fourth-order valence-corrected chi connectivity index (χ4v) is 5.38. The van der Waals surface area contributed by atoms with Crippen molar-refractivity contribution in [3.63, 3.8) is 0 Å². The Labute approximate surface area is 211 Å². The predicted molar refractivity (Wildman–Crippen MR) is 140 cm³/mol. The van der Waals surface area contributed by atoms with Crippen molar-refractivity contribution in [1.82, 2.24) is 4.90 Å². The summed E-state index contributed by atoms with van der Waals surface area (Å²) in [6, 6.07) is 21.4. The summed E-state index contributed by atoms with van der Waals surface area (Å²) < 4.78 is 32.3. The summed E-state index contributed by atoms with van der Waals surface area (Å²) in [6.45, 7) is 2.88. The standard InChI is InChI=1S/C27H29N3O5S/c1-20(26(31)28-25-13-7-6-12-24(25)27(32)29-18-8-9-19-29)30(36(2,33)34)21-14-16-23(17-15-21)35-22-10-4-3-5-11-22/h3-7,10-17,20H,8-9,18-19H2,1-2H3,(H,28,31)/t20-/m1/s1. The maximum Gasteiger partial charge on any atom is 0.255 e. The Morgan fingerprint density at radius 1 is 0.889 bits per heavy atom. The zero-order valence-corrected chi connectivity index (χ0v) is 21.1. The number of rotatable bonds is 8. The molecule has 0 aliphatic carbocycles. The van der Waals surface area contributed by atoms with Gasteiger partial charge in [-0.2, -0.15) is 0 Å². The van der Waals surface area contributed by atoms with E-state index in [0.29, 0.717) is 41.5 Å². The Hall–Kier alpha value is -3.85. The van der Waals surface area contributed by atoms with E-state index in [0.717, 1.165) is 23.4 Å². The second-order valence-electron chi connectivity index (χ2n) is 8.68. The number of benzene rings is 3. The molecule has 0 saturated carbocycles. The minimum atomic E-state index is -3.81. The molecule has 3 aromatic carbocycles. The van der Waals surface area contributed by atoms with Gasteiger partial charge in [-0.1, -0.05) is 30.3 Å². The minimum Gasteiger partial charge on any atom is -0.457 e. The number of carbonyl (C=O) groups excluding carboxylic acids is 2. The second kappa shape index (κ2) is 10.8. The minimum absolute atomic E-state index is 0.148. The van der Waals surface area contributed by atoms with Gasteiger partial charge in [0.1, 0.15) is 17.5 Å². The first-order chi connectivity index (χ1) is 17.2. The van der Waals surface area contributed by atoms with Crippen molar-refractivity contribution in [3.8, 4) is 11.5 Å². The molecule has 9 heteroatoms. The van der Waals surface area contributed by atoms with Gasteiger partial charge in [0.15, 0.2) is 0 Å². The fraction of sp³-hybridized carbons (Fsp3) is 0.259. The van der Waals surface area contributed by atoms with Crippen molar-refractivity contribution in [2.45, 2.75) is 25.8 Å². The molecule has 0 radical (unpaired) electrons. The van der Waals surface area contributed by atoms with Crippen molar-refractivity contribution < 1.29 is 22.7 Å². The molecule has 1 fully saturated rings. The van der Waals surface area contributed by atoms with Crippen molar-refractivity contribution >= 4 is 33.2 Å². The van der Waals surface area contributed by atoms with Gasteiger partial charge >= 0.3 is 0 Å². The number of anilines is 2. The number of nitrogens with zero attached hydrogens (tertiary/aromatic N) is 2. The highest BCUT2D eigenvalue weighted by Crippen LogP contribution is 2.28. The van der Waals surface area contributed by atoms with Crippen LogP contribution >= 0.6 is 0 Å². The van der Waals surface area contributed by atoms with E-state index < -0.39 is 22.0 Å². The number of hydrogen-bond acceptors (Lipinski definition) is 5. The molecule has 1 heterocycles. The van der Waals surface area contributed by atoms with E-state index in [1.807, 2.05) is 30.3 Å². The second-order valence-corrected chi connectivity index (χ2v) is 10.5. The van der Waals surface area contributed by atoms with Crippen LogP contribution in [-0.4, -0.2) is 50.5 Å². The molecule has 0 aromatic heterocycles. The number of sulfonamides is 1. The van der Waals surface area contributed by atoms with Crippen molar-refractivity contribution in [1.29, 1.82) is 0 Å². The van der Waals surface area contributed by atoms with Crippen molar-refractivity contribution in [3.05, 3.63) is 84.4 Å². The van der Waals surface area contributed by atoms with Crippen LogP contribution in [0.4, 0.5) is 11.4 Å². The largest absolute Gasteiger partial charge is 0.457 e. The molecule has 8 nitrogen and oxygen atoms in total. The summed E-state index contributed by atoms with van der Waals surface area (Å²) in [5.74, 6) is 0.488. The van der Waals surface area contributed by atoms with Gasteiger partial charge in [0.25, 0.3) is 5.91 Å². The van der Waals surface area contributed by atoms with E-state index >= 15 is 0 Å². The van der Waals surface area contributed by atoms with Crippen LogP contribution in [0.1, 0.15) is 30.1 Å². The molecular formula is C27H29N3O5S. The van der Waals surface area contributed by atoms with Gasteiger partial charge in [0.05, 0.1) is 23.2 Å². The Morgan fingerprint density at radius 2 is 1.47 bits per heavy atom. The third-order valence-electron chi connectivity index (χ3n) is 5.97. The Kier molecular flexibility index (Phi) is 7.59. The number of carbonyl (C=O) groups is 2. The normalized spacial score (nSPS) is 14.2. The topological polar surface area (TPSA) is 96.0 Å². The molecule has 2 amide bonds. The molecule has 1 N–H and O–H groups in total. The van der Waals surface area contributed by atoms with Crippen molar-refractivity contribution in [2.24, 2.45) is 0 Å². The molecular weight excluding hydrogens is 478 g/mol. The lowest BCUT2D eigenvalue weighted by molar-refractivity contribution is -0.116. The van der Waals surface area contributed by atoms with Gasteiger partial charge in [-0.15, -0.1) is 0 Å². The van der Waals surface area contributed by atoms with Gasteiger partial charge in [0.2, 0.25) is 15.9 Å². The van der Waals surface area contributed by atoms with E-state index in [1.165, 1.54) is 6.92 Å². The van der Waals surface area contributed by atoms with E-state index in [-0.39, 0.29) is 5.91 Å². The maximum atomic E-state index is 13.2. The summed E-state index contributed by atoms with van der Waals surface area (Å²) in [6.07, 6.45) is 2.96. The SMILES string of the molecule is C[C@H](C(=O)Nc1ccccc1C(=O)N1CCCC1)N(c1ccc(Oc2ccccc2)cc1)S(C)(=O)=O. The van der Waals surface area contributed by atoms with Gasteiger partial charge in [-0.3, -0.25) is 13.9 Å². The number of likely N-dealkylation sites (tertiary alicyclic amines) is 1. The molecule has 1 atom stereocenters. The summed E-state index contributed by atoms with van der Waals surface area (Å²) in [7, 11) is -3.81. The highest BCUT2D eigenvalue weighted by Gasteiger charge is 2.30. The predicted octanol–water partition coefficient (Wildman–Crippen LogP) is 4.51. The molecule has 0 bridgehead atoms. The molecule has 0 unspecified atom stereocenters. The first-order valence-corrected chi connectivity index (χ1v) is 13.6. The smallest absolute Gasteiger partial charge is 0.255 e. The molecule has 36 heavy (non-hydrogen) atoms. The average molecular weight is 508 g/mol. The molecule has 188 valence electrons. The van der Waals surface area contributed by atoms with Gasteiger partial charge in [0, 0.05) is 13.1 Å². The van der Waals surface area contributed by atoms with Gasteiger partial charge < -0.3 is 15.0 Å². The van der Waals surface area contributed by atoms with Crippen LogP contribution in [0.3, 0.4) is 0 Å². The Bertz CT molecular complexity index is 1320. The third kappa shape index (κ3) is 5.85. The van der Waals surface area contributed by atoms with Gasteiger partial charge in [-0.05, 0) is 68.3 Å². The maximum absolute atomic E-state index is 13.2. The lowest BCUT2D eigenvalue weighted by atomic mass is 10.1. The Balaban J connectivity index is 1.53. The van der Waals surface area contributed by atoms with Crippen LogP contribution in [0, 0.1) is 0 Å². The zero-order chi connectivity index (χ0) is 25.7. The van der Waals surface area contributed by atoms with E-state index in [4.69, 9.17) is 4.74 Å². The quantitative estimate of drug-likeness (QED) is 0.484. The van der Waals surface area contributed by atoms with Crippen LogP contribution in [0.15, 0.2) is 78.9 Å². The summed E-state index contributed by atoms with van der Waals surface area (Å²) in [4.78, 5) is 27.9. The number of ether oxygens (including phenoxy) is 1. The van der Waals surface area contributed by atoms with E-state index in [1.54, 1.807) is 53.4 Å². The van der Waals surface area contributed by atoms with Crippen LogP contribution in [-0.2, 0) is 14.8 Å². The van der Waals surface area contributed by atoms with Gasteiger partial charge in [-0.25, -0.2) is 8.42 Å². The highest BCUT2D eigenvalue weighted by atomic mass is 32.2. The monoisotopic (exact) mass is 507 g/mol. The number of hydrogen-bond donors (Lipinski definition) is 1. The fourth-order valence-electron chi connectivity index (χ4n) is 4.20. The summed E-state index contributed by atoms with van der Waals surface area (Å²) in [5.41, 5.74) is 1.06. The zero-order valence-electron chi connectivity index (χ0n) is 20.3. The molecule has 3 aromatic rings.